The highest BCUT2D eigenvalue weighted by molar-refractivity contribution is 7.98. The molecule has 2 aromatic carbocycles. The number of thioether (sulfide) groups is 1. The summed E-state index contributed by atoms with van der Waals surface area (Å²) in [6, 6.07) is 12.7. The third kappa shape index (κ3) is 3.83. The van der Waals surface area contributed by atoms with E-state index in [9.17, 15) is 9.18 Å². The lowest BCUT2D eigenvalue weighted by molar-refractivity contribution is 0.626. The molecule has 2 aromatic heterocycles. The minimum absolute atomic E-state index is 0.00870. The number of rotatable bonds is 4. The zero-order valence-electron chi connectivity index (χ0n) is 17.6. The second kappa shape index (κ2) is 8.24. The normalized spacial score (nSPS) is 13.5. The van der Waals surface area contributed by atoms with Crippen molar-refractivity contribution in [1.82, 2.24) is 9.55 Å². The SMILES string of the molecule is Cc1ccc(-n2c(SCc3cccc(F)c3)nc3sc4c(c3c2=O)CCCC4)cc1C. The molecule has 6 heteroatoms. The minimum atomic E-state index is -0.251. The molecule has 0 saturated heterocycles. The summed E-state index contributed by atoms with van der Waals surface area (Å²) >= 11 is 3.14. The van der Waals surface area contributed by atoms with Crippen molar-refractivity contribution in [2.24, 2.45) is 0 Å². The number of benzene rings is 2. The standard InChI is InChI=1S/C25H23FN2OS2/c1-15-10-11-19(12-16(15)2)28-24(29)22-20-8-3-4-9-21(20)31-23(22)27-25(28)30-14-17-6-5-7-18(26)13-17/h5-7,10-13H,3-4,8-9,14H2,1-2H3. The van der Waals surface area contributed by atoms with E-state index in [1.807, 2.05) is 18.2 Å². The minimum Gasteiger partial charge on any atom is -0.268 e. The molecule has 0 bridgehead atoms. The Labute approximate surface area is 189 Å². The molecule has 0 atom stereocenters. The molecule has 0 fully saturated rings. The fourth-order valence-electron chi connectivity index (χ4n) is 4.15. The lowest BCUT2D eigenvalue weighted by atomic mass is 9.97. The Kier molecular flexibility index (Phi) is 5.44. The van der Waals surface area contributed by atoms with Gasteiger partial charge >= 0.3 is 0 Å². The number of halogens is 1. The van der Waals surface area contributed by atoms with Gasteiger partial charge in [-0.3, -0.25) is 9.36 Å². The average molecular weight is 451 g/mol. The first-order valence-corrected chi connectivity index (χ1v) is 12.3. The lowest BCUT2D eigenvalue weighted by Gasteiger charge is -2.15. The summed E-state index contributed by atoms with van der Waals surface area (Å²) in [5, 5.41) is 1.44. The van der Waals surface area contributed by atoms with Crippen molar-refractivity contribution >= 4 is 33.3 Å². The summed E-state index contributed by atoms with van der Waals surface area (Å²) in [7, 11) is 0. The molecule has 0 amide bonds. The second-order valence-corrected chi connectivity index (χ2v) is 10.1. The van der Waals surface area contributed by atoms with Crippen LogP contribution in [0.5, 0.6) is 0 Å². The zero-order chi connectivity index (χ0) is 21.5. The van der Waals surface area contributed by atoms with E-state index in [4.69, 9.17) is 4.98 Å². The predicted molar refractivity (Wildman–Crippen MR) is 127 cm³/mol. The topological polar surface area (TPSA) is 34.9 Å². The van der Waals surface area contributed by atoms with Crippen molar-refractivity contribution in [2.45, 2.75) is 50.4 Å². The Morgan fingerprint density at radius 3 is 2.74 bits per heavy atom. The number of thiophene rings is 1. The Bertz CT molecular complexity index is 1360. The molecule has 1 aliphatic rings. The first-order valence-electron chi connectivity index (χ1n) is 10.5. The molecule has 3 nitrogen and oxygen atoms in total. The van der Waals surface area contributed by atoms with E-state index in [0.29, 0.717) is 10.9 Å². The van der Waals surface area contributed by atoms with Crippen molar-refractivity contribution in [3.05, 3.63) is 85.8 Å². The molecule has 0 aliphatic heterocycles. The van der Waals surface area contributed by atoms with E-state index in [2.05, 4.69) is 19.9 Å². The van der Waals surface area contributed by atoms with Crippen molar-refractivity contribution in [3.8, 4) is 5.69 Å². The van der Waals surface area contributed by atoms with Crippen LogP contribution in [-0.2, 0) is 18.6 Å². The highest BCUT2D eigenvalue weighted by Gasteiger charge is 2.23. The van der Waals surface area contributed by atoms with Gasteiger partial charge in [0.05, 0.1) is 11.1 Å². The van der Waals surface area contributed by atoms with Gasteiger partial charge in [-0.25, -0.2) is 9.37 Å². The Hall–Kier alpha value is -2.44. The number of aromatic nitrogens is 2. The van der Waals surface area contributed by atoms with Crippen molar-refractivity contribution in [3.63, 3.8) is 0 Å². The number of nitrogens with zero attached hydrogens (tertiary/aromatic N) is 2. The van der Waals surface area contributed by atoms with Crippen LogP contribution >= 0.6 is 23.1 Å². The molecule has 0 radical (unpaired) electrons. The average Bonchev–Trinajstić information content (AvgIpc) is 3.13. The highest BCUT2D eigenvalue weighted by Crippen LogP contribution is 2.35. The van der Waals surface area contributed by atoms with E-state index >= 15 is 0 Å². The van der Waals surface area contributed by atoms with Crippen LogP contribution in [0.25, 0.3) is 15.9 Å². The Balaban J connectivity index is 1.68. The van der Waals surface area contributed by atoms with Crippen LogP contribution in [0, 0.1) is 19.7 Å². The monoisotopic (exact) mass is 450 g/mol. The molecule has 4 aromatic rings. The number of hydrogen-bond acceptors (Lipinski definition) is 4. The van der Waals surface area contributed by atoms with Crippen LogP contribution < -0.4 is 5.56 Å². The van der Waals surface area contributed by atoms with Gasteiger partial charge in [-0.1, -0.05) is 30.0 Å². The molecular weight excluding hydrogens is 427 g/mol. The molecule has 0 saturated carbocycles. The van der Waals surface area contributed by atoms with E-state index in [0.717, 1.165) is 46.3 Å². The van der Waals surface area contributed by atoms with Gasteiger partial charge in [0.15, 0.2) is 5.16 Å². The van der Waals surface area contributed by atoms with Crippen LogP contribution in [0.1, 0.15) is 40.0 Å². The highest BCUT2D eigenvalue weighted by atomic mass is 32.2. The maximum atomic E-state index is 13.8. The fraction of sp³-hybridized carbons (Fsp3) is 0.280. The van der Waals surface area contributed by atoms with Crippen molar-refractivity contribution in [1.29, 1.82) is 0 Å². The summed E-state index contributed by atoms with van der Waals surface area (Å²) < 4.78 is 15.4. The lowest BCUT2D eigenvalue weighted by Crippen LogP contribution is -2.22. The summed E-state index contributed by atoms with van der Waals surface area (Å²) in [5.74, 6) is 0.296. The molecular formula is C25H23FN2OS2. The van der Waals surface area contributed by atoms with Gasteiger partial charge in [0.2, 0.25) is 0 Å². The van der Waals surface area contributed by atoms with Crippen LogP contribution in [0.15, 0.2) is 52.4 Å². The first-order chi connectivity index (χ1) is 15.0. The number of fused-ring (bicyclic) bond motifs is 3. The van der Waals surface area contributed by atoms with Gasteiger partial charge in [-0.05, 0) is 86.1 Å². The largest absolute Gasteiger partial charge is 0.268 e. The molecule has 0 N–H and O–H groups in total. The third-order valence-electron chi connectivity index (χ3n) is 5.96. The van der Waals surface area contributed by atoms with Gasteiger partial charge in [0.1, 0.15) is 10.6 Å². The summed E-state index contributed by atoms with van der Waals surface area (Å²) in [6.07, 6.45) is 4.28. The summed E-state index contributed by atoms with van der Waals surface area (Å²) in [6.45, 7) is 4.13. The maximum Gasteiger partial charge on any atom is 0.267 e. The number of aryl methyl sites for hydroxylation is 4. The van der Waals surface area contributed by atoms with Gasteiger partial charge < -0.3 is 0 Å². The van der Waals surface area contributed by atoms with E-state index < -0.39 is 0 Å². The van der Waals surface area contributed by atoms with Crippen molar-refractivity contribution in [2.75, 3.05) is 0 Å². The fourth-order valence-corrected chi connectivity index (χ4v) is 6.41. The molecule has 5 rings (SSSR count). The van der Waals surface area contributed by atoms with Gasteiger partial charge in [-0.15, -0.1) is 11.3 Å². The van der Waals surface area contributed by atoms with Gasteiger partial charge in [-0.2, -0.15) is 0 Å². The van der Waals surface area contributed by atoms with Crippen molar-refractivity contribution < 1.29 is 4.39 Å². The molecule has 2 heterocycles. The van der Waals surface area contributed by atoms with Gasteiger partial charge in [0, 0.05) is 10.6 Å². The first kappa shape index (κ1) is 20.5. The second-order valence-electron chi connectivity index (χ2n) is 8.11. The number of hydrogen-bond donors (Lipinski definition) is 0. The zero-order valence-corrected chi connectivity index (χ0v) is 19.2. The Morgan fingerprint density at radius 1 is 1.10 bits per heavy atom. The predicted octanol–water partition coefficient (Wildman–Crippen LogP) is 6.37. The molecule has 158 valence electrons. The molecule has 0 spiro atoms. The summed E-state index contributed by atoms with van der Waals surface area (Å²) in [5.41, 5.74) is 5.24. The van der Waals surface area contributed by atoms with Crippen LogP contribution in [0.3, 0.4) is 0 Å². The van der Waals surface area contributed by atoms with E-state index in [1.165, 1.54) is 46.3 Å². The Morgan fingerprint density at radius 2 is 1.94 bits per heavy atom. The van der Waals surface area contributed by atoms with Crippen LogP contribution in [0.4, 0.5) is 4.39 Å². The maximum absolute atomic E-state index is 13.8. The summed E-state index contributed by atoms with van der Waals surface area (Å²) in [4.78, 5) is 20.9. The van der Waals surface area contributed by atoms with E-state index in [-0.39, 0.29) is 11.4 Å². The van der Waals surface area contributed by atoms with Crippen LogP contribution in [0.2, 0.25) is 0 Å². The van der Waals surface area contributed by atoms with Gasteiger partial charge in [0.25, 0.3) is 5.56 Å². The molecule has 0 unspecified atom stereocenters. The third-order valence-corrected chi connectivity index (χ3v) is 8.16. The molecule has 1 aliphatic carbocycles. The molecule has 31 heavy (non-hydrogen) atoms. The van der Waals surface area contributed by atoms with Crippen LogP contribution in [-0.4, -0.2) is 9.55 Å². The quantitative estimate of drug-likeness (QED) is 0.267. The van der Waals surface area contributed by atoms with E-state index in [1.54, 1.807) is 22.0 Å². The smallest absolute Gasteiger partial charge is 0.267 e.